The van der Waals surface area contributed by atoms with Crippen molar-refractivity contribution >= 4 is 0 Å². The lowest BCUT2D eigenvalue weighted by Crippen LogP contribution is -2.47. The molecule has 0 spiro atoms. The Morgan fingerprint density at radius 2 is 1.70 bits per heavy atom. The van der Waals surface area contributed by atoms with E-state index in [1.54, 1.807) is 0 Å². The monoisotopic (exact) mass is 281 g/mol. The van der Waals surface area contributed by atoms with Crippen molar-refractivity contribution in [2.45, 2.75) is 97.3 Å². The molecule has 0 aromatic heterocycles. The average molecular weight is 281 g/mol. The second-order valence-electron chi connectivity index (χ2n) is 8.91. The van der Waals surface area contributed by atoms with E-state index >= 15 is 0 Å². The molecule has 1 unspecified atom stereocenters. The number of rotatable bonds is 5. The zero-order chi connectivity index (χ0) is 15.0. The van der Waals surface area contributed by atoms with E-state index in [9.17, 15) is 0 Å². The van der Waals surface area contributed by atoms with Crippen LogP contribution in [-0.4, -0.2) is 23.8 Å². The van der Waals surface area contributed by atoms with Crippen molar-refractivity contribution in [2.24, 2.45) is 11.3 Å². The maximum absolute atomic E-state index is 6.22. The van der Waals surface area contributed by atoms with Gasteiger partial charge in [-0.3, -0.25) is 0 Å². The SMILES string of the molecule is CC(C)CC1(CNC2CC(C)(C)OC2(C)C)CCCC1. The maximum Gasteiger partial charge on any atom is 0.0787 e. The van der Waals surface area contributed by atoms with Gasteiger partial charge in [0, 0.05) is 12.6 Å². The fourth-order valence-electron chi connectivity index (χ4n) is 4.66. The van der Waals surface area contributed by atoms with Crippen molar-refractivity contribution in [1.29, 1.82) is 0 Å². The van der Waals surface area contributed by atoms with Crippen LogP contribution in [0.4, 0.5) is 0 Å². The van der Waals surface area contributed by atoms with Crippen LogP contribution in [0.2, 0.25) is 0 Å². The smallest absolute Gasteiger partial charge is 0.0787 e. The van der Waals surface area contributed by atoms with Gasteiger partial charge >= 0.3 is 0 Å². The maximum atomic E-state index is 6.22. The zero-order valence-corrected chi connectivity index (χ0v) is 14.5. The number of nitrogens with one attached hydrogen (secondary N) is 1. The molecule has 0 radical (unpaired) electrons. The molecule has 118 valence electrons. The van der Waals surface area contributed by atoms with Crippen LogP contribution in [0.5, 0.6) is 0 Å². The molecule has 1 saturated heterocycles. The first-order valence-corrected chi connectivity index (χ1v) is 8.58. The van der Waals surface area contributed by atoms with Crippen molar-refractivity contribution in [3.05, 3.63) is 0 Å². The fraction of sp³-hybridized carbons (Fsp3) is 1.00. The van der Waals surface area contributed by atoms with Crippen LogP contribution < -0.4 is 5.32 Å². The highest BCUT2D eigenvalue weighted by molar-refractivity contribution is 5.00. The van der Waals surface area contributed by atoms with E-state index in [4.69, 9.17) is 4.74 Å². The highest BCUT2D eigenvalue weighted by Gasteiger charge is 2.46. The Morgan fingerprint density at radius 3 is 2.15 bits per heavy atom. The van der Waals surface area contributed by atoms with Crippen LogP contribution in [0.25, 0.3) is 0 Å². The molecule has 1 atom stereocenters. The lowest BCUT2D eigenvalue weighted by molar-refractivity contribution is -0.0703. The van der Waals surface area contributed by atoms with Crippen molar-refractivity contribution in [1.82, 2.24) is 5.32 Å². The first kappa shape index (κ1) is 16.3. The van der Waals surface area contributed by atoms with Gasteiger partial charge < -0.3 is 10.1 Å². The highest BCUT2D eigenvalue weighted by Crippen LogP contribution is 2.44. The average Bonchev–Trinajstić information content (AvgIpc) is 2.77. The third-order valence-electron chi connectivity index (χ3n) is 5.30. The minimum absolute atomic E-state index is 0.0159. The lowest BCUT2D eigenvalue weighted by Gasteiger charge is -2.35. The molecule has 2 aliphatic rings. The summed E-state index contributed by atoms with van der Waals surface area (Å²) in [4.78, 5) is 0. The Balaban J connectivity index is 1.96. The van der Waals surface area contributed by atoms with Crippen molar-refractivity contribution in [2.75, 3.05) is 6.54 Å². The van der Waals surface area contributed by atoms with Gasteiger partial charge in [-0.1, -0.05) is 26.7 Å². The Labute approximate surface area is 126 Å². The summed E-state index contributed by atoms with van der Waals surface area (Å²) in [5, 5.41) is 3.89. The van der Waals surface area contributed by atoms with Crippen LogP contribution in [0.15, 0.2) is 0 Å². The summed E-state index contributed by atoms with van der Waals surface area (Å²) in [5.41, 5.74) is 0.528. The van der Waals surface area contributed by atoms with Crippen molar-refractivity contribution < 1.29 is 4.74 Å². The third kappa shape index (κ3) is 3.76. The summed E-state index contributed by atoms with van der Waals surface area (Å²) in [6.07, 6.45) is 8.16. The third-order valence-corrected chi connectivity index (χ3v) is 5.30. The van der Waals surface area contributed by atoms with Crippen molar-refractivity contribution in [3.8, 4) is 0 Å². The summed E-state index contributed by atoms with van der Waals surface area (Å²) in [5.74, 6) is 0.805. The first-order valence-electron chi connectivity index (χ1n) is 8.58. The second kappa shape index (κ2) is 5.61. The highest BCUT2D eigenvalue weighted by atomic mass is 16.5. The Bertz CT molecular complexity index is 326. The van der Waals surface area contributed by atoms with Gasteiger partial charge in [-0.2, -0.15) is 0 Å². The topological polar surface area (TPSA) is 21.3 Å². The van der Waals surface area contributed by atoms with Crippen LogP contribution in [0, 0.1) is 11.3 Å². The summed E-state index contributed by atoms with van der Waals surface area (Å²) in [6.45, 7) is 14.8. The largest absolute Gasteiger partial charge is 0.368 e. The number of hydrogen-bond donors (Lipinski definition) is 1. The molecular weight excluding hydrogens is 246 g/mol. The summed E-state index contributed by atoms with van der Waals surface area (Å²) in [6, 6.07) is 0.488. The Kier molecular flexibility index (Phi) is 4.57. The molecule has 0 amide bonds. The molecule has 1 N–H and O–H groups in total. The standard InChI is InChI=1S/C18H35NO/c1-14(2)11-18(9-7-8-10-18)13-19-15-12-16(3,4)20-17(15,5)6/h14-15,19H,7-13H2,1-6H3. The lowest BCUT2D eigenvalue weighted by atomic mass is 9.78. The second-order valence-corrected chi connectivity index (χ2v) is 8.91. The van der Waals surface area contributed by atoms with Gasteiger partial charge in [0.2, 0.25) is 0 Å². The van der Waals surface area contributed by atoms with Gasteiger partial charge in [0.05, 0.1) is 11.2 Å². The Hall–Kier alpha value is -0.0800. The molecule has 2 rings (SSSR count). The van der Waals surface area contributed by atoms with Crippen molar-refractivity contribution in [3.63, 3.8) is 0 Å². The molecule has 2 fully saturated rings. The molecule has 2 nitrogen and oxygen atoms in total. The predicted molar refractivity (Wildman–Crippen MR) is 86.0 cm³/mol. The fourth-order valence-corrected chi connectivity index (χ4v) is 4.66. The predicted octanol–water partition coefficient (Wildman–Crippen LogP) is 4.53. The van der Waals surface area contributed by atoms with E-state index in [0.29, 0.717) is 11.5 Å². The van der Waals surface area contributed by atoms with E-state index in [1.807, 2.05) is 0 Å². The van der Waals surface area contributed by atoms with E-state index in [1.165, 1.54) is 38.6 Å². The first-order chi connectivity index (χ1) is 9.14. The molecule has 1 aliphatic heterocycles. The molecular formula is C18H35NO. The minimum Gasteiger partial charge on any atom is -0.368 e. The van der Waals surface area contributed by atoms with Gasteiger partial charge in [0.15, 0.2) is 0 Å². The van der Waals surface area contributed by atoms with Crippen LogP contribution in [0.3, 0.4) is 0 Å². The van der Waals surface area contributed by atoms with E-state index < -0.39 is 0 Å². The molecule has 2 heteroatoms. The molecule has 0 aromatic carbocycles. The zero-order valence-electron chi connectivity index (χ0n) is 14.5. The molecule has 1 heterocycles. The van der Waals surface area contributed by atoms with Crippen LogP contribution >= 0.6 is 0 Å². The molecule has 1 aliphatic carbocycles. The summed E-state index contributed by atoms with van der Waals surface area (Å²) in [7, 11) is 0. The van der Waals surface area contributed by atoms with E-state index in [2.05, 4.69) is 46.9 Å². The van der Waals surface area contributed by atoms with Crippen LogP contribution in [-0.2, 0) is 4.74 Å². The van der Waals surface area contributed by atoms with E-state index in [-0.39, 0.29) is 11.2 Å². The van der Waals surface area contributed by atoms with Gasteiger partial charge in [0.25, 0.3) is 0 Å². The van der Waals surface area contributed by atoms with Crippen LogP contribution in [0.1, 0.15) is 80.1 Å². The summed E-state index contributed by atoms with van der Waals surface area (Å²) >= 11 is 0. The van der Waals surface area contributed by atoms with Gasteiger partial charge in [-0.25, -0.2) is 0 Å². The van der Waals surface area contributed by atoms with Gasteiger partial charge in [0.1, 0.15) is 0 Å². The Morgan fingerprint density at radius 1 is 1.10 bits per heavy atom. The van der Waals surface area contributed by atoms with Gasteiger partial charge in [-0.15, -0.1) is 0 Å². The minimum atomic E-state index is -0.0406. The van der Waals surface area contributed by atoms with E-state index in [0.717, 1.165) is 12.3 Å². The molecule has 1 saturated carbocycles. The molecule has 0 aromatic rings. The molecule has 20 heavy (non-hydrogen) atoms. The molecule has 0 bridgehead atoms. The normalized spacial score (nSPS) is 31.1. The quantitative estimate of drug-likeness (QED) is 0.799. The number of hydrogen-bond acceptors (Lipinski definition) is 2. The summed E-state index contributed by atoms with van der Waals surface area (Å²) < 4.78 is 6.22. The number of ether oxygens (including phenoxy) is 1. The van der Waals surface area contributed by atoms with Gasteiger partial charge in [-0.05, 0) is 64.7 Å².